The summed E-state index contributed by atoms with van der Waals surface area (Å²) in [7, 11) is 1.48. The fourth-order valence-electron chi connectivity index (χ4n) is 5.78. The van der Waals surface area contributed by atoms with Crippen LogP contribution in [-0.2, 0) is 14.4 Å². The Morgan fingerprint density at radius 3 is 1.86 bits per heavy atom. The Bertz CT molecular complexity index is 1490. The van der Waals surface area contributed by atoms with E-state index in [1.165, 1.54) is 14.0 Å². The highest BCUT2D eigenvalue weighted by molar-refractivity contribution is 6.11. The molecule has 1 aliphatic rings. The first-order valence-corrected chi connectivity index (χ1v) is 14.8. The van der Waals surface area contributed by atoms with Gasteiger partial charge in [0.05, 0.1) is 49.8 Å². The van der Waals surface area contributed by atoms with Gasteiger partial charge in [-0.1, -0.05) is 30.3 Å². The molecule has 10 heteroatoms. The number of methoxy groups -OCH3 is 1. The van der Waals surface area contributed by atoms with E-state index in [0.29, 0.717) is 59.8 Å². The molecular weight excluding hydrogens is 564 g/mol. The van der Waals surface area contributed by atoms with E-state index in [0.717, 1.165) is 0 Å². The maximum atomic E-state index is 14.2. The molecule has 1 saturated carbocycles. The molecule has 3 aromatic rings. The number of amides is 2. The van der Waals surface area contributed by atoms with Crippen LogP contribution in [0.1, 0.15) is 45.6 Å². The third-order valence-electron chi connectivity index (χ3n) is 7.59. The van der Waals surface area contributed by atoms with Gasteiger partial charge in [-0.25, -0.2) is 0 Å². The molecular formula is C34H40N2O8. The Hall–Kier alpha value is -4.57. The lowest BCUT2D eigenvalue weighted by atomic mass is 9.61. The second kappa shape index (κ2) is 14.3. The summed E-state index contributed by atoms with van der Waals surface area (Å²) in [5.74, 6) is -3.60. The van der Waals surface area contributed by atoms with Crippen LogP contribution in [0.4, 0.5) is 11.4 Å². The zero-order valence-electron chi connectivity index (χ0n) is 25.7. The van der Waals surface area contributed by atoms with Gasteiger partial charge in [-0.3, -0.25) is 14.4 Å². The Morgan fingerprint density at radius 1 is 0.795 bits per heavy atom. The molecule has 0 bridgehead atoms. The molecule has 0 saturated heterocycles. The van der Waals surface area contributed by atoms with E-state index in [1.54, 1.807) is 66.7 Å². The topological polar surface area (TPSA) is 132 Å². The van der Waals surface area contributed by atoms with E-state index < -0.39 is 47.4 Å². The van der Waals surface area contributed by atoms with Crippen molar-refractivity contribution in [3.63, 3.8) is 0 Å². The van der Waals surface area contributed by atoms with E-state index in [1.807, 2.05) is 20.8 Å². The lowest BCUT2D eigenvalue weighted by Gasteiger charge is -2.44. The van der Waals surface area contributed by atoms with Crippen molar-refractivity contribution in [3.05, 3.63) is 72.3 Å². The van der Waals surface area contributed by atoms with Crippen LogP contribution in [0.5, 0.6) is 23.0 Å². The number of benzene rings is 3. The smallest absolute Gasteiger partial charge is 0.235 e. The number of Topliss-reactive ketones (excluding diaryl/α,β-unsaturated/α-hetero) is 1. The summed E-state index contributed by atoms with van der Waals surface area (Å²) in [5.41, 5.74) is -0.547. The molecule has 0 aliphatic heterocycles. The third kappa shape index (κ3) is 6.97. The Kier molecular flexibility index (Phi) is 10.5. The van der Waals surface area contributed by atoms with E-state index in [-0.39, 0.29) is 0 Å². The van der Waals surface area contributed by atoms with Gasteiger partial charge in [0.15, 0.2) is 11.5 Å². The van der Waals surface area contributed by atoms with Crippen LogP contribution in [0.25, 0.3) is 0 Å². The summed E-state index contributed by atoms with van der Waals surface area (Å²) < 4.78 is 22.6. The first-order chi connectivity index (χ1) is 21.1. The zero-order chi connectivity index (χ0) is 31.9. The largest absolute Gasteiger partial charge is 0.493 e. The molecule has 4 unspecified atom stereocenters. The van der Waals surface area contributed by atoms with Crippen molar-refractivity contribution < 1.29 is 38.4 Å². The highest BCUT2D eigenvalue weighted by atomic mass is 16.5. The van der Waals surface area contributed by atoms with Gasteiger partial charge in [0, 0.05) is 12.3 Å². The van der Waals surface area contributed by atoms with Gasteiger partial charge in [-0.15, -0.1) is 0 Å². The van der Waals surface area contributed by atoms with Gasteiger partial charge < -0.3 is 34.7 Å². The summed E-state index contributed by atoms with van der Waals surface area (Å²) in [5, 5.41) is 17.4. The van der Waals surface area contributed by atoms with Crippen molar-refractivity contribution in [2.45, 2.75) is 45.6 Å². The molecule has 10 nitrogen and oxygen atoms in total. The van der Waals surface area contributed by atoms with Crippen molar-refractivity contribution in [2.24, 2.45) is 11.8 Å². The SMILES string of the molecule is CCOc1ccccc1NC(=O)C1C(=O)CC(C)(O)C(C(=O)Nc2ccccc2OCC)C1c1ccc(OCC)c(OC)c1. The van der Waals surface area contributed by atoms with Crippen LogP contribution in [0.15, 0.2) is 66.7 Å². The van der Waals surface area contributed by atoms with Crippen LogP contribution in [-0.4, -0.2) is 55.2 Å². The molecule has 4 atom stereocenters. The molecule has 1 aliphatic carbocycles. The quantitative estimate of drug-likeness (QED) is 0.240. The maximum absolute atomic E-state index is 14.2. The van der Waals surface area contributed by atoms with Gasteiger partial charge in [0.1, 0.15) is 23.2 Å². The van der Waals surface area contributed by atoms with Crippen molar-refractivity contribution in [3.8, 4) is 23.0 Å². The first kappa shape index (κ1) is 32.3. The van der Waals surface area contributed by atoms with E-state index in [4.69, 9.17) is 18.9 Å². The zero-order valence-corrected chi connectivity index (χ0v) is 25.7. The Balaban J connectivity index is 1.83. The van der Waals surface area contributed by atoms with Crippen molar-refractivity contribution >= 4 is 29.0 Å². The number of hydrogen-bond donors (Lipinski definition) is 3. The molecule has 3 aromatic carbocycles. The lowest BCUT2D eigenvalue weighted by molar-refractivity contribution is -0.150. The monoisotopic (exact) mass is 604 g/mol. The molecule has 3 N–H and O–H groups in total. The fraction of sp³-hybridized carbons (Fsp3) is 0.382. The normalized spacial score (nSPS) is 21.2. The highest BCUT2D eigenvalue weighted by Crippen LogP contribution is 2.48. The summed E-state index contributed by atoms with van der Waals surface area (Å²) in [6, 6.07) is 18.9. The van der Waals surface area contributed by atoms with Crippen LogP contribution < -0.4 is 29.6 Å². The highest BCUT2D eigenvalue weighted by Gasteiger charge is 2.56. The number of para-hydroxylation sites is 4. The molecule has 4 rings (SSSR count). The van der Waals surface area contributed by atoms with Gasteiger partial charge in [-0.05, 0) is 69.7 Å². The average Bonchev–Trinajstić information content (AvgIpc) is 2.98. The minimum absolute atomic E-state index is 0.365. The average molecular weight is 605 g/mol. The number of carbonyl (C=O) groups excluding carboxylic acids is 3. The minimum Gasteiger partial charge on any atom is -0.493 e. The number of ether oxygens (including phenoxy) is 4. The van der Waals surface area contributed by atoms with Gasteiger partial charge in [0.2, 0.25) is 11.8 Å². The first-order valence-electron chi connectivity index (χ1n) is 14.8. The number of rotatable bonds is 12. The van der Waals surface area contributed by atoms with Crippen LogP contribution >= 0.6 is 0 Å². The minimum atomic E-state index is -1.79. The Labute approximate surface area is 257 Å². The van der Waals surface area contributed by atoms with E-state index >= 15 is 0 Å². The Morgan fingerprint density at radius 2 is 1.32 bits per heavy atom. The van der Waals surface area contributed by atoms with Crippen LogP contribution in [0, 0.1) is 11.8 Å². The predicted molar refractivity (Wildman–Crippen MR) is 167 cm³/mol. The molecule has 0 heterocycles. The second-order valence-corrected chi connectivity index (χ2v) is 10.7. The fourth-order valence-corrected chi connectivity index (χ4v) is 5.78. The van der Waals surface area contributed by atoms with E-state index in [9.17, 15) is 19.5 Å². The van der Waals surface area contributed by atoms with Gasteiger partial charge in [-0.2, -0.15) is 0 Å². The van der Waals surface area contributed by atoms with Crippen molar-refractivity contribution in [1.29, 1.82) is 0 Å². The van der Waals surface area contributed by atoms with Crippen molar-refractivity contribution in [1.82, 2.24) is 0 Å². The maximum Gasteiger partial charge on any atom is 0.235 e. The molecule has 0 radical (unpaired) electrons. The molecule has 234 valence electrons. The predicted octanol–water partition coefficient (Wildman–Crippen LogP) is 5.21. The number of aliphatic hydroxyl groups is 1. The number of nitrogens with one attached hydrogen (secondary N) is 2. The molecule has 0 spiro atoms. The summed E-state index contributed by atoms with van der Waals surface area (Å²) >= 11 is 0. The molecule has 0 aromatic heterocycles. The molecule has 1 fully saturated rings. The summed E-state index contributed by atoms with van der Waals surface area (Å²) in [4.78, 5) is 42.0. The molecule has 2 amide bonds. The lowest BCUT2D eigenvalue weighted by Crippen LogP contribution is -2.56. The van der Waals surface area contributed by atoms with Crippen LogP contribution in [0.3, 0.4) is 0 Å². The number of anilines is 2. The van der Waals surface area contributed by atoms with Gasteiger partial charge in [0.25, 0.3) is 0 Å². The van der Waals surface area contributed by atoms with Gasteiger partial charge >= 0.3 is 0 Å². The standard InChI is InChI=1S/C34H40N2O8/c1-6-42-25-15-11-9-13-22(25)35-32(38)30-24(37)20-34(4,40)31(33(39)36-23-14-10-12-16-26(23)43-7-2)29(30)21-17-18-27(44-8-3)28(19-21)41-5/h9-19,29-31,40H,6-8,20H2,1-5H3,(H,35,38)(H,36,39). The third-order valence-corrected chi connectivity index (χ3v) is 7.59. The number of ketones is 1. The second-order valence-electron chi connectivity index (χ2n) is 10.7. The van der Waals surface area contributed by atoms with Crippen LogP contribution in [0.2, 0.25) is 0 Å². The van der Waals surface area contributed by atoms with Crippen molar-refractivity contribution in [2.75, 3.05) is 37.6 Å². The number of hydrogen-bond acceptors (Lipinski definition) is 8. The molecule has 44 heavy (non-hydrogen) atoms. The summed E-state index contributed by atoms with van der Waals surface area (Å²) in [6.07, 6.45) is -0.409. The van der Waals surface area contributed by atoms with E-state index in [2.05, 4.69) is 10.6 Å². The summed E-state index contributed by atoms with van der Waals surface area (Å²) in [6.45, 7) is 8.08. The number of carbonyl (C=O) groups is 3.